The molecule has 96 valence electrons. The number of hydrogen-bond acceptors (Lipinski definition) is 4. The van der Waals surface area contributed by atoms with Crippen molar-refractivity contribution in [1.82, 2.24) is 15.0 Å². The van der Waals surface area contributed by atoms with Gasteiger partial charge in [-0.3, -0.25) is 0 Å². The number of aromatic nitrogens is 3. The summed E-state index contributed by atoms with van der Waals surface area (Å²) in [4.78, 5) is 12.4. The molecule has 0 spiro atoms. The number of nitrogens with zero attached hydrogens (tertiary/aromatic N) is 3. The number of nitrogen functional groups attached to an aromatic ring is 1. The van der Waals surface area contributed by atoms with E-state index in [1.165, 1.54) is 12.8 Å². The monoisotopic (exact) mass is 244 g/mol. The van der Waals surface area contributed by atoms with Gasteiger partial charge >= 0.3 is 0 Å². The molecule has 0 aliphatic rings. The second-order valence-electron chi connectivity index (χ2n) is 3.99. The number of unbranched alkanes of at least 4 members (excludes halogenated alkanes) is 1. The molecule has 0 aliphatic carbocycles. The first-order valence-electron chi connectivity index (χ1n) is 6.19. The van der Waals surface area contributed by atoms with E-state index < -0.39 is 0 Å². The largest absolute Gasteiger partial charge is 0.384 e. The molecule has 4 heteroatoms. The summed E-state index contributed by atoms with van der Waals surface area (Å²) in [5.74, 6) is 1.18. The minimum absolute atomic E-state index is 0.501. The normalized spacial score (nSPS) is 9.50. The van der Waals surface area contributed by atoms with Crippen LogP contribution in [0.15, 0.2) is 30.6 Å². The molecule has 0 atom stereocenters. The molecule has 0 amide bonds. The van der Waals surface area contributed by atoms with Crippen LogP contribution in [0.1, 0.15) is 32.4 Å². The Hall–Kier alpha value is -1.97. The van der Waals surface area contributed by atoms with Gasteiger partial charge in [0.05, 0.1) is 0 Å². The molecular formula is C14H20N4. The van der Waals surface area contributed by atoms with Crippen LogP contribution >= 0.6 is 0 Å². The van der Waals surface area contributed by atoms with Crippen molar-refractivity contribution >= 4 is 5.82 Å². The Morgan fingerprint density at radius 2 is 1.78 bits per heavy atom. The van der Waals surface area contributed by atoms with Crippen LogP contribution in [0.25, 0.3) is 11.4 Å². The second-order valence-corrected chi connectivity index (χ2v) is 3.99. The predicted molar refractivity (Wildman–Crippen MR) is 75.0 cm³/mol. The zero-order chi connectivity index (χ0) is 13.4. The average molecular weight is 244 g/mol. The Morgan fingerprint density at radius 3 is 2.28 bits per heavy atom. The van der Waals surface area contributed by atoms with E-state index in [9.17, 15) is 0 Å². The lowest BCUT2D eigenvalue weighted by Crippen LogP contribution is -1.93. The highest BCUT2D eigenvalue weighted by Crippen LogP contribution is 2.13. The van der Waals surface area contributed by atoms with Crippen molar-refractivity contribution in [2.75, 3.05) is 5.73 Å². The van der Waals surface area contributed by atoms with Crippen LogP contribution in [-0.2, 0) is 0 Å². The lowest BCUT2D eigenvalue weighted by molar-refractivity contribution is 0.886. The number of nitrogens with two attached hydrogens (primary N) is 1. The highest BCUT2D eigenvalue weighted by Gasteiger charge is 2.00. The third-order valence-corrected chi connectivity index (χ3v) is 2.34. The molecule has 0 fully saturated rings. The Labute approximate surface area is 108 Å². The van der Waals surface area contributed by atoms with Crippen LogP contribution in [0.5, 0.6) is 0 Å². The molecule has 2 heterocycles. The summed E-state index contributed by atoms with van der Waals surface area (Å²) in [6, 6.07) is 5.45. The van der Waals surface area contributed by atoms with E-state index in [2.05, 4.69) is 28.8 Å². The summed E-state index contributed by atoms with van der Waals surface area (Å²) in [7, 11) is 0. The maximum Gasteiger partial charge on any atom is 0.160 e. The van der Waals surface area contributed by atoms with Crippen molar-refractivity contribution in [1.29, 1.82) is 0 Å². The average Bonchev–Trinajstić information content (AvgIpc) is 2.40. The smallest absolute Gasteiger partial charge is 0.160 e. The van der Waals surface area contributed by atoms with E-state index in [1.807, 2.05) is 19.1 Å². The van der Waals surface area contributed by atoms with Crippen LogP contribution in [-0.4, -0.2) is 15.0 Å². The zero-order valence-corrected chi connectivity index (χ0v) is 11.2. The molecule has 0 aliphatic heterocycles. The molecule has 2 aromatic rings. The molecule has 2 aromatic heterocycles. The van der Waals surface area contributed by atoms with E-state index >= 15 is 0 Å². The highest BCUT2D eigenvalue weighted by molar-refractivity contribution is 5.54. The van der Waals surface area contributed by atoms with Gasteiger partial charge in [0.1, 0.15) is 5.82 Å². The molecule has 0 saturated heterocycles. The first-order chi connectivity index (χ1) is 8.67. The molecule has 0 radical (unpaired) electrons. The van der Waals surface area contributed by atoms with Crippen LogP contribution in [0, 0.1) is 6.92 Å². The number of aryl methyl sites for hydroxylation is 1. The van der Waals surface area contributed by atoms with Crippen molar-refractivity contribution in [2.45, 2.75) is 33.6 Å². The van der Waals surface area contributed by atoms with Gasteiger partial charge in [-0.15, -0.1) is 0 Å². The number of pyridine rings is 1. The summed E-state index contributed by atoms with van der Waals surface area (Å²) in [5.41, 5.74) is 7.30. The van der Waals surface area contributed by atoms with Gasteiger partial charge in [-0.05, 0) is 25.1 Å². The van der Waals surface area contributed by atoms with Gasteiger partial charge in [0.25, 0.3) is 0 Å². The molecule has 2 N–H and O–H groups in total. The predicted octanol–water partition coefficient (Wildman–Crippen LogP) is 3.24. The fraction of sp³-hybridized carbons (Fsp3) is 0.357. The van der Waals surface area contributed by atoms with Crippen molar-refractivity contribution in [3.05, 3.63) is 36.3 Å². The number of anilines is 1. The Morgan fingerprint density at radius 1 is 1.06 bits per heavy atom. The van der Waals surface area contributed by atoms with Gasteiger partial charge in [-0.1, -0.05) is 26.7 Å². The summed E-state index contributed by atoms with van der Waals surface area (Å²) in [6.07, 6.45) is 6.04. The van der Waals surface area contributed by atoms with Gasteiger partial charge in [0, 0.05) is 23.7 Å². The Bertz CT molecular complexity index is 463. The second kappa shape index (κ2) is 7.37. The quantitative estimate of drug-likeness (QED) is 0.880. The van der Waals surface area contributed by atoms with Gasteiger partial charge in [-0.2, -0.15) is 0 Å². The van der Waals surface area contributed by atoms with E-state index in [-0.39, 0.29) is 0 Å². The summed E-state index contributed by atoms with van der Waals surface area (Å²) < 4.78 is 0. The molecule has 0 unspecified atom stereocenters. The topological polar surface area (TPSA) is 64.7 Å². The first-order valence-corrected chi connectivity index (χ1v) is 6.19. The highest BCUT2D eigenvalue weighted by atomic mass is 14.9. The van der Waals surface area contributed by atoms with E-state index in [0.717, 1.165) is 11.3 Å². The van der Waals surface area contributed by atoms with Gasteiger partial charge < -0.3 is 5.73 Å². The minimum Gasteiger partial charge on any atom is -0.384 e. The standard InChI is InChI=1S/C10H10N4.C4H10/c1-7-4-5-12-10(14-7)8-2-3-9(11)13-6-8;1-3-4-2/h2-6H,1H3,(H2,11,13);3-4H2,1-2H3. The summed E-state index contributed by atoms with van der Waals surface area (Å²) in [6.45, 7) is 6.29. The Balaban J connectivity index is 0.000000357. The van der Waals surface area contributed by atoms with E-state index in [1.54, 1.807) is 18.5 Å². The van der Waals surface area contributed by atoms with Crippen LogP contribution in [0.3, 0.4) is 0 Å². The lowest BCUT2D eigenvalue weighted by atomic mass is 10.2. The van der Waals surface area contributed by atoms with Gasteiger partial charge in [0.2, 0.25) is 0 Å². The SMILES string of the molecule is CCCC.Cc1ccnc(-c2ccc(N)nc2)n1. The summed E-state index contributed by atoms with van der Waals surface area (Å²) >= 11 is 0. The molecule has 0 aromatic carbocycles. The van der Waals surface area contributed by atoms with Crippen molar-refractivity contribution in [3.8, 4) is 11.4 Å². The third-order valence-electron chi connectivity index (χ3n) is 2.34. The molecular weight excluding hydrogens is 224 g/mol. The molecule has 0 bridgehead atoms. The Kier molecular flexibility index (Phi) is 5.77. The number of hydrogen-bond donors (Lipinski definition) is 1. The first kappa shape index (κ1) is 14.1. The van der Waals surface area contributed by atoms with Crippen molar-refractivity contribution in [2.24, 2.45) is 0 Å². The lowest BCUT2D eigenvalue weighted by Gasteiger charge is -2.00. The van der Waals surface area contributed by atoms with Crippen LogP contribution < -0.4 is 5.73 Å². The maximum absolute atomic E-state index is 5.48. The molecule has 4 nitrogen and oxygen atoms in total. The zero-order valence-electron chi connectivity index (χ0n) is 11.2. The van der Waals surface area contributed by atoms with Crippen LogP contribution in [0.4, 0.5) is 5.82 Å². The van der Waals surface area contributed by atoms with Gasteiger partial charge in [-0.25, -0.2) is 15.0 Å². The molecule has 18 heavy (non-hydrogen) atoms. The minimum atomic E-state index is 0.501. The molecule has 0 saturated carbocycles. The van der Waals surface area contributed by atoms with E-state index in [0.29, 0.717) is 11.6 Å². The van der Waals surface area contributed by atoms with Crippen molar-refractivity contribution in [3.63, 3.8) is 0 Å². The fourth-order valence-electron chi connectivity index (χ4n) is 1.13. The van der Waals surface area contributed by atoms with Gasteiger partial charge in [0.15, 0.2) is 5.82 Å². The van der Waals surface area contributed by atoms with E-state index in [4.69, 9.17) is 5.73 Å². The summed E-state index contributed by atoms with van der Waals surface area (Å²) in [5, 5.41) is 0. The maximum atomic E-state index is 5.48. The molecule has 2 rings (SSSR count). The van der Waals surface area contributed by atoms with Crippen LogP contribution in [0.2, 0.25) is 0 Å². The number of rotatable bonds is 2. The fourth-order valence-corrected chi connectivity index (χ4v) is 1.13. The van der Waals surface area contributed by atoms with Crippen molar-refractivity contribution < 1.29 is 0 Å². The third kappa shape index (κ3) is 4.49.